The van der Waals surface area contributed by atoms with Gasteiger partial charge in [0.05, 0.1) is 12.8 Å². The highest BCUT2D eigenvalue weighted by atomic mass is 32.2. The first-order valence-corrected chi connectivity index (χ1v) is 9.87. The van der Waals surface area contributed by atoms with Gasteiger partial charge >= 0.3 is 0 Å². The van der Waals surface area contributed by atoms with Gasteiger partial charge in [0.1, 0.15) is 0 Å². The molecule has 1 heterocycles. The molecule has 1 aliphatic rings. The molecule has 0 radical (unpaired) electrons. The van der Waals surface area contributed by atoms with Crippen molar-refractivity contribution in [2.45, 2.75) is 17.9 Å². The Morgan fingerprint density at radius 2 is 2.03 bits per heavy atom. The molecule has 0 unspecified atom stereocenters. The zero-order valence-electron chi connectivity index (χ0n) is 15.8. The van der Waals surface area contributed by atoms with E-state index in [4.69, 9.17) is 15.2 Å². The minimum atomic E-state index is -0.585. The first-order valence-electron chi connectivity index (χ1n) is 8.89. The number of ether oxygens (including phenoxy) is 2. The number of thioether (sulfide) groups is 1. The van der Waals surface area contributed by atoms with Crippen molar-refractivity contribution in [1.82, 2.24) is 5.32 Å². The van der Waals surface area contributed by atoms with Crippen molar-refractivity contribution in [3.8, 4) is 11.5 Å². The van der Waals surface area contributed by atoms with Crippen molar-refractivity contribution in [3.05, 3.63) is 47.5 Å². The third kappa shape index (κ3) is 5.41. The molecule has 152 valence electrons. The maximum atomic E-state index is 12.5. The fourth-order valence-corrected chi connectivity index (χ4v) is 3.67. The van der Waals surface area contributed by atoms with Gasteiger partial charge in [-0.1, -0.05) is 6.07 Å². The van der Waals surface area contributed by atoms with E-state index >= 15 is 0 Å². The molecule has 1 aliphatic heterocycles. The molecule has 0 aliphatic carbocycles. The lowest BCUT2D eigenvalue weighted by Crippen LogP contribution is -2.23. The fourth-order valence-electron chi connectivity index (χ4n) is 2.74. The molecule has 0 bridgehead atoms. The van der Waals surface area contributed by atoms with E-state index in [0.29, 0.717) is 34.9 Å². The summed E-state index contributed by atoms with van der Waals surface area (Å²) in [5.74, 6) is 0.636. The van der Waals surface area contributed by atoms with Crippen LogP contribution in [0.25, 0.3) is 0 Å². The normalized spacial score (nSPS) is 12.9. The molecule has 0 saturated heterocycles. The van der Waals surface area contributed by atoms with E-state index in [1.165, 1.54) is 7.11 Å². The number of hydrogen-bond acceptors (Lipinski definition) is 6. The van der Waals surface area contributed by atoms with Crippen LogP contribution < -0.4 is 25.8 Å². The number of carbonyl (C=O) groups is 3. The Morgan fingerprint density at radius 1 is 1.21 bits per heavy atom. The largest absolute Gasteiger partial charge is 0.493 e. The number of benzene rings is 2. The van der Waals surface area contributed by atoms with Crippen molar-refractivity contribution < 1.29 is 23.9 Å². The summed E-state index contributed by atoms with van der Waals surface area (Å²) in [4.78, 5) is 36.1. The Hall–Kier alpha value is -3.20. The number of fused-ring (bicyclic) bond motifs is 1. The van der Waals surface area contributed by atoms with E-state index in [-0.39, 0.29) is 25.0 Å². The zero-order valence-corrected chi connectivity index (χ0v) is 16.6. The van der Waals surface area contributed by atoms with Gasteiger partial charge in [0.15, 0.2) is 18.1 Å². The van der Waals surface area contributed by atoms with Gasteiger partial charge in [-0.2, -0.15) is 0 Å². The Kier molecular flexibility index (Phi) is 6.61. The lowest BCUT2D eigenvalue weighted by atomic mass is 10.1. The van der Waals surface area contributed by atoms with Gasteiger partial charge in [-0.05, 0) is 35.9 Å². The van der Waals surface area contributed by atoms with Crippen molar-refractivity contribution in [2.75, 3.05) is 24.8 Å². The second-order valence-corrected chi connectivity index (χ2v) is 7.42. The first kappa shape index (κ1) is 20.5. The van der Waals surface area contributed by atoms with Crippen LogP contribution in [0, 0.1) is 0 Å². The Bertz CT molecular complexity index is 948. The van der Waals surface area contributed by atoms with Crippen LogP contribution >= 0.6 is 11.8 Å². The summed E-state index contributed by atoms with van der Waals surface area (Å²) in [6.45, 7) is 0.0169. The highest BCUT2D eigenvalue weighted by molar-refractivity contribution is 7.99. The van der Waals surface area contributed by atoms with E-state index in [0.717, 1.165) is 10.5 Å². The van der Waals surface area contributed by atoms with E-state index in [1.54, 1.807) is 42.1 Å². The van der Waals surface area contributed by atoms with Crippen molar-refractivity contribution in [3.63, 3.8) is 0 Å². The summed E-state index contributed by atoms with van der Waals surface area (Å²) in [6, 6.07) is 10.4. The predicted molar refractivity (Wildman–Crippen MR) is 109 cm³/mol. The minimum Gasteiger partial charge on any atom is -0.493 e. The van der Waals surface area contributed by atoms with E-state index in [9.17, 15) is 14.4 Å². The predicted octanol–water partition coefficient (Wildman–Crippen LogP) is 1.92. The molecule has 8 nitrogen and oxygen atoms in total. The number of anilines is 1. The van der Waals surface area contributed by atoms with Crippen LogP contribution in [0.1, 0.15) is 22.3 Å². The molecule has 0 aromatic heterocycles. The number of primary amides is 1. The van der Waals surface area contributed by atoms with Crippen LogP contribution in [0.5, 0.6) is 11.5 Å². The average molecular weight is 415 g/mol. The van der Waals surface area contributed by atoms with E-state index < -0.39 is 5.91 Å². The molecule has 3 rings (SSSR count). The molecule has 0 fully saturated rings. The van der Waals surface area contributed by atoms with Gasteiger partial charge in [0.25, 0.3) is 11.8 Å². The minimum absolute atomic E-state index is 0.0560. The molecular weight excluding hydrogens is 394 g/mol. The second-order valence-electron chi connectivity index (χ2n) is 6.28. The van der Waals surface area contributed by atoms with Gasteiger partial charge in [-0.15, -0.1) is 11.8 Å². The SMILES string of the molecule is COc1cc(CNC(=O)c2ccc3c(c2)NC(=O)CCS3)ccc1OCC(N)=O. The van der Waals surface area contributed by atoms with Crippen LogP contribution in [0.2, 0.25) is 0 Å². The maximum absolute atomic E-state index is 12.5. The number of nitrogens with two attached hydrogens (primary N) is 1. The number of amides is 3. The molecule has 0 atom stereocenters. The lowest BCUT2D eigenvalue weighted by Gasteiger charge is -2.12. The molecule has 2 aromatic rings. The summed E-state index contributed by atoms with van der Waals surface area (Å²) in [7, 11) is 1.48. The van der Waals surface area contributed by atoms with E-state index in [1.807, 2.05) is 6.07 Å². The molecule has 2 aromatic carbocycles. The third-order valence-electron chi connectivity index (χ3n) is 4.15. The van der Waals surface area contributed by atoms with Gasteiger partial charge in [-0.3, -0.25) is 14.4 Å². The van der Waals surface area contributed by atoms with Crippen molar-refractivity contribution >= 4 is 35.2 Å². The van der Waals surface area contributed by atoms with Crippen LogP contribution in [0.3, 0.4) is 0 Å². The third-order valence-corrected chi connectivity index (χ3v) is 5.23. The second kappa shape index (κ2) is 9.33. The molecule has 0 saturated carbocycles. The first-order chi connectivity index (χ1) is 14.0. The smallest absolute Gasteiger partial charge is 0.255 e. The van der Waals surface area contributed by atoms with Gasteiger partial charge in [0, 0.05) is 29.2 Å². The number of hydrogen-bond donors (Lipinski definition) is 3. The summed E-state index contributed by atoms with van der Waals surface area (Å²) in [5.41, 5.74) is 6.99. The monoisotopic (exact) mass is 415 g/mol. The van der Waals surface area contributed by atoms with Crippen LogP contribution in [-0.4, -0.2) is 37.2 Å². The highest BCUT2D eigenvalue weighted by Crippen LogP contribution is 2.31. The zero-order chi connectivity index (χ0) is 20.8. The Balaban J connectivity index is 1.66. The van der Waals surface area contributed by atoms with E-state index in [2.05, 4.69) is 10.6 Å². The summed E-state index contributed by atoms with van der Waals surface area (Å²) < 4.78 is 10.5. The van der Waals surface area contributed by atoms with Crippen molar-refractivity contribution in [2.24, 2.45) is 5.73 Å². The molecular formula is C20H21N3O5S. The number of rotatable bonds is 7. The summed E-state index contributed by atoms with van der Waals surface area (Å²) >= 11 is 1.59. The lowest BCUT2D eigenvalue weighted by molar-refractivity contribution is -0.120. The number of nitrogens with one attached hydrogen (secondary N) is 2. The van der Waals surface area contributed by atoms with Gasteiger partial charge < -0.3 is 25.8 Å². The van der Waals surface area contributed by atoms with Crippen LogP contribution in [0.15, 0.2) is 41.3 Å². The van der Waals surface area contributed by atoms with Gasteiger partial charge in [-0.25, -0.2) is 0 Å². The topological polar surface area (TPSA) is 120 Å². The molecule has 4 N–H and O–H groups in total. The average Bonchev–Trinajstić information content (AvgIpc) is 2.90. The molecule has 9 heteroatoms. The summed E-state index contributed by atoms with van der Waals surface area (Å²) in [6.07, 6.45) is 0.446. The Morgan fingerprint density at radius 3 is 2.79 bits per heavy atom. The Labute approximate surface area is 172 Å². The van der Waals surface area contributed by atoms with Gasteiger partial charge in [0.2, 0.25) is 5.91 Å². The standard InChI is InChI=1S/C20H21N3O5S/c1-27-16-8-12(2-4-15(16)28-11-18(21)24)10-22-20(26)13-3-5-17-14(9-13)23-19(25)6-7-29-17/h2-5,8-9H,6-7,10-11H2,1H3,(H2,21,24)(H,22,26)(H,23,25). The fraction of sp³-hybridized carbons (Fsp3) is 0.250. The van der Waals surface area contributed by atoms with Crippen LogP contribution in [-0.2, 0) is 16.1 Å². The maximum Gasteiger partial charge on any atom is 0.255 e. The summed E-state index contributed by atoms with van der Waals surface area (Å²) in [5, 5.41) is 5.67. The van der Waals surface area contributed by atoms with Crippen molar-refractivity contribution in [1.29, 1.82) is 0 Å². The van der Waals surface area contributed by atoms with Crippen LogP contribution in [0.4, 0.5) is 5.69 Å². The quantitative estimate of drug-likeness (QED) is 0.636. The number of carbonyl (C=O) groups excluding carboxylic acids is 3. The molecule has 29 heavy (non-hydrogen) atoms. The molecule has 3 amide bonds. The number of methoxy groups -OCH3 is 1. The molecule has 0 spiro atoms. The highest BCUT2D eigenvalue weighted by Gasteiger charge is 2.16.